The van der Waals surface area contributed by atoms with E-state index in [0.29, 0.717) is 12.8 Å². The van der Waals surface area contributed by atoms with Crippen LogP contribution < -0.4 is 0 Å². The van der Waals surface area contributed by atoms with E-state index in [-0.39, 0.29) is 11.6 Å². The van der Waals surface area contributed by atoms with Crippen LogP contribution in [0.3, 0.4) is 0 Å². The van der Waals surface area contributed by atoms with Crippen LogP contribution in [0.25, 0.3) is 11.1 Å². The highest BCUT2D eigenvalue weighted by molar-refractivity contribution is 5.74. The van der Waals surface area contributed by atoms with Gasteiger partial charge in [0.15, 0.2) is 0 Å². The molecule has 0 nitrogen and oxygen atoms in total. The van der Waals surface area contributed by atoms with E-state index in [1.165, 1.54) is 44.9 Å². The summed E-state index contributed by atoms with van der Waals surface area (Å²) in [5.74, 6) is -0.0961. The number of hydrogen-bond donors (Lipinski definition) is 0. The van der Waals surface area contributed by atoms with Gasteiger partial charge in [-0.2, -0.15) is 0 Å². The monoisotopic (exact) mass is 426 g/mol. The molecule has 0 bridgehead atoms. The third-order valence-corrected chi connectivity index (χ3v) is 6.91. The lowest BCUT2D eigenvalue weighted by molar-refractivity contribution is 0.556. The van der Waals surface area contributed by atoms with Gasteiger partial charge in [-0.3, -0.25) is 0 Å². The van der Waals surface area contributed by atoms with E-state index >= 15 is 8.78 Å². The molecule has 0 heterocycles. The van der Waals surface area contributed by atoms with Crippen molar-refractivity contribution >= 4 is 0 Å². The summed E-state index contributed by atoms with van der Waals surface area (Å²) in [5, 5.41) is 0. The smallest absolute Gasteiger partial charge is 0.130 e. The Balaban J connectivity index is 1.62. The third kappa shape index (κ3) is 6.18. The summed E-state index contributed by atoms with van der Waals surface area (Å²) in [7, 11) is 0. The predicted octanol–water partition coefficient (Wildman–Crippen LogP) is 9.15. The summed E-state index contributed by atoms with van der Waals surface area (Å²) in [6, 6.07) is 7.92. The van der Waals surface area contributed by atoms with Crippen LogP contribution in [-0.4, -0.2) is 0 Å². The second-order valence-electron chi connectivity index (χ2n) is 9.31. The summed E-state index contributed by atoms with van der Waals surface area (Å²) >= 11 is 0. The number of aryl methyl sites for hydroxylation is 2. The number of hydrogen-bond acceptors (Lipinski definition) is 0. The van der Waals surface area contributed by atoms with E-state index in [9.17, 15) is 0 Å². The molecule has 0 saturated heterocycles. The maximum atomic E-state index is 15.3. The quantitative estimate of drug-likeness (QED) is 0.280. The van der Waals surface area contributed by atoms with E-state index in [4.69, 9.17) is 0 Å². The lowest BCUT2D eigenvalue weighted by Crippen LogP contribution is -2.11. The van der Waals surface area contributed by atoms with Crippen molar-refractivity contribution in [2.75, 3.05) is 0 Å². The van der Waals surface area contributed by atoms with E-state index < -0.39 is 0 Å². The molecule has 2 aromatic rings. The molecule has 1 aliphatic carbocycles. The van der Waals surface area contributed by atoms with Gasteiger partial charge < -0.3 is 0 Å². The van der Waals surface area contributed by atoms with Crippen LogP contribution >= 0.6 is 0 Å². The maximum Gasteiger partial charge on any atom is 0.130 e. The first-order valence-corrected chi connectivity index (χ1v) is 12.8. The van der Waals surface area contributed by atoms with Crippen molar-refractivity contribution in [1.82, 2.24) is 0 Å². The summed E-state index contributed by atoms with van der Waals surface area (Å²) < 4.78 is 30.4. The molecule has 0 unspecified atom stereocenters. The van der Waals surface area contributed by atoms with E-state index in [2.05, 4.69) is 13.8 Å². The van der Waals surface area contributed by atoms with Crippen molar-refractivity contribution in [3.8, 4) is 11.1 Å². The highest BCUT2D eigenvalue weighted by Crippen LogP contribution is 2.38. The topological polar surface area (TPSA) is 0 Å². The summed E-state index contributed by atoms with van der Waals surface area (Å²) in [5.41, 5.74) is 5.04. The average molecular weight is 427 g/mol. The Kier molecular flexibility index (Phi) is 9.55. The fourth-order valence-corrected chi connectivity index (χ4v) is 4.98. The number of benzene rings is 2. The molecular weight excluding hydrogens is 386 g/mol. The van der Waals surface area contributed by atoms with Crippen LogP contribution in [-0.2, 0) is 25.7 Å². The van der Waals surface area contributed by atoms with Gasteiger partial charge in [-0.15, -0.1) is 0 Å². The van der Waals surface area contributed by atoms with Crippen molar-refractivity contribution in [2.45, 2.75) is 110 Å². The van der Waals surface area contributed by atoms with Crippen molar-refractivity contribution in [2.24, 2.45) is 0 Å². The Morgan fingerprint density at radius 2 is 0.935 bits per heavy atom. The second kappa shape index (κ2) is 12.4. The van der Waals surface area contributed by atoms with Gasteiger partial charge >= 0.3 is 0 Å². The summed E-state index contributed by atoms with van der Waals surface area (Å²) in [6.45, 7) is 4.41. The second-order valence-corrected chi connectivity index (χ2v) is 9.31. The maximum absolute atomic E-state index is 15.3. The van der Waals surface area contributed by atoms with Crippen LogP contribution in [0.2, 0.25) is 0 Å². The molecule has 1 aliphatic rings. The summed E-state index contributed by atoms with van der Waals surface area (Å²) in [4.78, 5) is 0. The van der Waals surface area contributed by atoms with Gasteiger partial charge in [-0.1, -0.05) is 95.9 Å². The minimum absolute atomic E-state index is 0.0430. The molecule has 0 saturated carbocycles. The van der Waals surface area contributed by atoms with Crippen LogP contribution in [0.4, 0.5) is 8.78 Å². The fraction of sp³-hybridized carbons (Fsp3) is 0.586. The molecule has 3 rings (SSSR count). The van der Waals surface area contributed by atoms with Crippen molar-refractivity contribution in [1.29, 1.82) is 0 Å². The Bertz CT molecular complexity index is 837. The number of fused-ring (bicyclic) bond motifs is 3. The molecular formula is C29H40F2. The van der Waals surface area contributed by atoms with Gasteiger partial charge in [0.1, 0.15) is 11.6 Å². The van der Waals surface area contributed by atoms with E-state index in [0.717, 1.165) is 71.9 Å². The fourth-order valence-electron chi connectivity index (χ4n) is 4.98. The van der Waals surface area contributed by atoms with Gasteiger partial charge in [-0.05, 0) is 71.9 Å². The van der Waals surface area contributed by atoms with Crippen LogP contribution in [0, 0.1) is 11.6 Å². The minimum atomic E-state index is -0.0531. The molecule has 170 valence electrons. The van der Waals surface area contributed by atoms with Gasteiger partial charge in [0.25, 0.3) is 0 Å². The van der Waals surface area contributed by atoms with Crippen molar-refractivity contribution in [3.05, 3.63) is 58.2 Å². The average Bonchev–Trinajstić information content (AvgIpc) is 2.78. The lowest BCUT2D eigenvalue weighted by atomic mass is 9.82. The van der Waals surface area contributed by atoms with E-state index in [1.807, 2.05) is 24.3 Å². The molecule has 0 fully saturated rings. The first kappa shape index (κ1) is 24.0. The summed E-state index contributed by atoms with van der Waals surface area (Å²) in [6.07, 6.45) is 16.2. The SMILES string of the molecule is CCCCCCCCCCc1ccc2c(c1F)CCc1c-2ccc(CCCCC)c1F. The predicted molar refractivity (Wildman–Crippen MR) is 129 cm³/mol. The molecule has 0 amide bonds. The Morgan fingerprint density at radius 1 is 0.548 bits per heavy atom. The van der Waals surface area contributed by atoms with Crippen molar-refractivity contribution in [3.63, 3.8) is 0 Å². The standard InChI is InChI=1S/C29H40F2/c1-3-5-7-8-9-10-11-13-15-23-17-19-25-24-18-16-22(14-12-6-4-2)28(30)26(24)20-21-27(25)29(23)31/h16-19H,3-15,20-21H2,1-2H3. The van der Waals surface area contributed by atoms with Gasteiger partial charge in [0, 0.05) is 0 Å². The van der Waals surface area contributed by atoms with Crippen LogP contribution in [0.1, 0.15) is 107 Å². The number of halogens is 2. The zero-order valence-corrected chi connectivity index (χ0v) is 19.7. The van der Waals surface area contributed by atoms with Gasteiger partial charge in [0.05, 0.1) is 0 Å². The van der Waals surface area contributed by atoms with Crippen LogP contribution in [0.15, 0.2) is 24.3 Å². The lowest BCUT2D eigenvalue weighted by Gasteiger charge is -2.23. The molecule has 2 heteroatoms. The van der Waals surface area contributed by atoms with E-state index in [1.54, 1.807) is 0 Å². The van der Waals surface area contributed by atoms with Gasteiger partial charge in [0.2, 0.25) is 0 Å². The Labute approximate surface area is 188 Å². The number of rotatable bonds is 13. The minimum Gasteiger partial charge on any atom is -0.206 e. The van der Waals surface area contributed by atoms with Crippen molar-refractivity contribution < 1.29 is 8.78 Å². The molecule has 2 aromatic carbocycles. The van der Waals surface area contributed by atoms with Gasteiger partial charge in [-0.25, -0.2) is 8.78 Å². The molecule has 0 N–H and O–H groups in total. The zero-order chi connectivity index (χ0) is 22.1. The molecule has 0 spiro atoms. The molecule has 0 radical (unpaired) electrons. The third-order valence-electron chi connectivity index (χ3n) is 6.91. The Hall–Kier alpha value is -1.70. The number of unbranched alkanes of at least 4 members (excludes halogenated alkanes) is 9. The van der Waals surface area contributed by atoms with Crippen LogP contribution in [0.5, 0.6) is 0 Å². The highest BCUT2D eigenvalue weighted by Gasteiger charge is 2.24. The largest absolute Gasteiger partial charge is 0.206 e. The molecule has 0 aromatic heterocycles. The zero-order valence-electron chi connectivity index (χ0n) is 19.7. The first-order valence-electron chi connectivity index (χ1n) is 12.8. The normalized spacial score (nSPS) is 12.6. The molecule has 0 atom stereocenters. The molecule has 31 heavy (non-hydrogen) atoms. The highest BCUT2D eigenvalue weighted by atomic mass is 19.1. The first-order chi connectivity index (χ1) is 15.2. The molecule has 0 aliphatic heterocycles. The Morgan fingerprint density at radius 3 is 1.42 bits per heavy atom.